The Bertz CT molecular complexity index is 4050. The molecule has 1 aliphatic heterocycles. The highest BCUT2D eigenvalue weighted by Crippen LogP contribution is 2.68. The summed E-state index contributed by atoms with van der Waals surface area (Å²) < 4.78 is 7.52. The zero-order valence-corrected chi connectivity index (χ0v) is 46.0. The van der Waals surface area contributed by atoms with Crippen molar-refractivity contribution in [3.05, 3.63) is 287 Å². The SMILES string of the molecule is Cc1cnc2c(c1)-c1ccccc1C21c2cc(N(c3ccc(-c4ccccc4)cc3)c3ccc(C(C)(C)C)cc3)ccc2-c2c1cc(N(c1ccc(-c3ccccc3)cc1)c1ccc(C(C)(C)C)cc1)c1c2OC2C=CC=CC12. The summed E-state index contributed by atoms with van der Waals surface area (Å²) >= 11 is 0. The van der Waals surface area contributed by atoms with Crippen molar-refractivity contribution >= 4 is 34.1 Å². The number of ether oxygens (including phenoxy) is 1. The van der Waals surface area contributed by atoms with Gasteiger partial charge in [0, 0.05) is 57.2 Å². The number of fused-ring (bicyclic) bond motifs is 14. The second-order valence-corrected chi connectivity index (χ2v) is 24.0. The first kappa shape index (κ1) is 48.4. The molecule has 0 saturated carbocycles. The number of hydrogen-bond donors (Lipinski definition) is 0. The average molecular weight is 1020 g/mol. The van der Waals surface area contributed by atoms with Crippen molar-refractivity contribution in [2.75, 3.05) is 9.80 Å². The number of anilines is 6. The van der Waals surface area contributed by atoms with Crippen molar-refractivity contribution in [1.29, 1.82) is 0 Å². The molecule has 0 amide bonds. The molecule has 384 valence electrons. The lowest BCUT2D eigenvalue weighted by Gasteiger charge is -2.34. The van der Waals surface area contributed by atoms with E-state index in [1.54, 1.807) is 0 Å². The lowest BCUT2D eigenvalue weighted by Crippen LogP contribution is -2.28. The first-order valence-corrected chi connectivity index (χ1v) is 27.9. The van der Waals surface area contributed by atoms with Gasteiger partial charge in [-0.1, -0.05) is 199 Å². The van der Waals surface area contributed by atoms with Crippen LogP contribution in [0.4, 0.5) is 34.1 Å². The number of pyridine rings is 1. The van der Waals surface area contributed by atoms with Crippen molar-refractivity contribution in [2.45, 2.75) is 76.7 Å². The van der Waals surface area contributed by atoms with E-state index in [0.29, 0.717) is 0 Å². The highest BCUT2D eigenvalue weighted by atomic mass is 16.5. The fourth-order valence-electron chi connectivity index (χ4n) is 13.0. The predicted molar refractivity (Wildman–Crippen MR) is 328 cm³/mol. The zero-order valence-electron chi connectivity index (χ0n) is 46.0. The maximum atomic E-state index is 7.52. The summed E-state index contributed by atoms with van der Waals surface area (Å²) in [6, 6.07) is 79.0. The highest BCUT2D eigenvalue weighted by Gasteiger charge is 2.56. The number of aromatic nitrogens is 1. The Balaban J connectivity index is 1.05. The van der Waals surface area contributed by atoms with E-state index in [4.69, 9.17) is 9.72 Å². The molecule has 14 rings (SSSR count). The van der Waals surface area contributed by atoms with Crippen LogP contribution in [0.5, 0.6) is 5.75 Å². The van der Waals surface area contributed by atoms with E-state index in [1.165, 1.54) is 66.8 Å². The number of allylic oxidation sites excluding steroid dienone is 2. The van der Waals surface area contributed by atoms with E-state index in [-0.39, 0.29) is 22.9 Å². The highest BCUT2D eigenvalue weighted by molar-refractivity contribution is 6.01. The molecule has 1 spiro atoms. The van der Waals surface area contributed by atoms with Crippen molar-refractivity contribution in [1.82, 2.24) is 4.98 Å². The van der Waals surface area contributed by atoms with Crippen LogP contribution < -0.4 is 14.5 Å². The minimum atomic E-state index is -0.815. The Morgan fingerprint density at radius 2 is 0.949 bits per heavy atom. The second kappa shape index (κ2) is 18.3. The van der Waals surface area contributed by atoms with Gasteiger partial charge in [-0.3, -0.25) is 4.98 Å². The molecule has 0 N–H and O–H groups in total. The number of benzene rings is 9. The Morgan fingerprint density at radius 3 is 1.53 bits per heavy atom. The lowest BCUT2D eigenvalue weighted by atomic mass is 9.72. The van der Waals surface area contributed by atoms with Gasteiger partial charge in [0.1, 0.15) is 11.9 Å². The molecule has 9 aromatic carbocycles. The number of aryl methyl sites for hydroxylation is 1. The Kier molecular flexibility index (Phi) is 11.2. The van der Waals surface area contributed by atoms with Gasteiger partial charge in [0.15, 0.2) is 0 Å². The van der Waals surface area contributed by atoms with Crippen LogP contribution >= 0.6 is 0 Å². The van der Waals surface area contributed by atoms with E-state index >= 15 is 0 Å². The van der Waals surface area contributed by atoms with Gasteiger partial charge in [0.25, 0.3) is 0 Å². The molecular weight excluding hydrogens is 959 g/mol. The van der Waals surface area contributed by atoms with Gasteiger partial charge >= 0.3 is 0 Å². The minimum absolute atomic E-state index is 0.00235. The smallest absolute Gasteiger partial charge is 0.134 e. The predicted octanol–water partition coefficient (Wildman–Crippen LogP) is 19.6. The average Bonchev–Trinajstić information content (AvgIpc) is 4.13. The van der Waals surface area contributed by atoms with Crippen LogP contribution in [0.1, 0.15) is 92.1 Å². The molecule has 2 heterocycles. The number of rotatable bonds is 8. The van der Waals surface area contributed by atoms with Crippen LogP contribution in [0.15, 0.2) is 243 Å². The standard InChI is InChI=1S/C75H63N3O/c1-48-44-63-60-22-14-16-24-64(60)75(72(63)76-47-48)65-45-59(77(56-38-30-53(31-39-56)73(2,3)4)55-34-26-51(27-35-55)49-18-10-8-11-19-49)42-43-61(65)69-66(75)46-67(70-62-23-15-17-25-68(62)79-71(69)70)78(58-40-32-54(33-41-58)74(5,6)7)57-36-28-52(29-37-57)50-20-12-9-13-21-50/h8-47,62,68H,1-7H3. The molecule has 0 fully saturated rings. The lowest BCUT2D eigenvalue weighted by molar-refractivity contribution is 0.270. The molecule has 10 aromatic rings. The summed E-state index contributed by atoms with van der Waals surface area (Å²) in [6.07, 6.45) is 10.8. The molecule has 1 aromatic heterocycles. The maximum Gasteiger partial charge on any atom is 0.134 e. The molecule has 79 heavy (non-hydrogen) atoms. The fourth-order valence-corrected chi connectivity index (χ4v) is 13.0. The minimum Gasteiger partial charge on any atom is -0.484 e. The van der Waals surface area contributed by atoms with Crippen LogP contribution in [0.25, 0.3) is 44.5 Å². The number of hydrogen-bond acceptors (Lipinski definition) is 4. The first-order chi connectivity index (χ1) is 38.3. The van der Waals surface area contributed by atoms with Gasteiger partial charge in [-0.25, -0.2) is 0 Å². The van der Waals surface area contributed by atoms with Crippen LogP contribution in [-0.2, 0) is 16.2 Å². The topological polar surface area (TPSA) is 28.6 Å². The van der Waals surface area contributed by atoms with E-state index < -0.39 is 5.41 Å². The van der Waals surface area contributed by atoms with Crippen LogP contribution in [0, 0.1) is 6.92 Å². The van der Waals surface area contributed by atoms with Crippen molar-refractivity contribution < 1.29 is 4.74 Å². The Hall–Kier alpha value is -8.99. The monoisotopic (exact) mass is 1020 g/mol. The Labute approximate surface area is 465 Å². The number of nitrogens with zero attached hydrogens (tertiary/aromatic N) is 3. The third-order valence-electron chi connectivity index (χ3n) is 17.0. The molecule has 3 aliphatic carbocycles. The van der Waals surface area contributed by atoms with E-state index in [1.807, 2.05) is 0 Å². The van der Waals surface area contributed by atoms with E-state index in [0.717, 1.165) is 62.3 Å². The molecule has 4 aliphatic rings. The third kappa shape index (κ3) is 7.82. The molecule has 3 unspecified atom stereocenters. The summed E-state index contributed by atoms with van der Waals surface area (Å²) in [4.78, 5) is 10.5. The summed E-state index contributed by atoms with van der Waals surface area (Å²) in [6.45, 7) is 15.9. The van der Waals surface area contributed by atoms with Gasteiger partial charge < -0.3 is 14.5 Å². The van der Waals surface area contributed by atoms with Gasteiger partial charge in [-0.2, -0.15) is 0 Å². The van der Waals surface area contributed by atoms with Gasteiger partial charge in [0.2, 0.25) is 0 Å². The quantitative estimate of drug-likeness (QED) is 0.152. The second-order valence-electron chi connectivity index (χ2n) is 24.0. The van der Waals surface area contributed by atoms with E-state index in [2.05, 4.69) is 301 Å². The third-order valence-corrected chi connectivity index (χ3v) is 17.0. The van der Waals surface area contributed by atoms with Crippen LogP contribution in [-0.4, -0.2) is 11.1 Å². The largest absolute Gasteiger partial charge is 0.484 e. The van der Waals surface area contributed by atoms with E-state index in [9.17, 15) is 0 Å². The fraction of sp³-hybridized carbons (Fsp3) is 0.160. The molecule has 0 radical (unpaired) electrons. The summed E-state index contributed by atoms with van der Waals surface area (Å²) in [7, 11) is 0. The summed E-state index contributed by atoms with van der Waals surface area (Å²) in [5.41, 5.74) is 24.6. The van der Waals surface area contributed by atoms with Crippen LogP contribution in [0.3, 0.4) is 0 Å². The van der Waals surface area contributed by atoms with Gasteiger partial charge in [-0.15, -0.1) is 0 Å². The van der Waals surface area contributed by atoms with Crippen molar-refractivity contribution in [2.24, 2.45) is 0 Å². The molecule has 4 heteroatoms. The molecule has 3 atom stereocenters. The molecule has 0 bridgehead atoms. The summed E-state index contributed by atoms with van der Waals surface area (Å²) in [5.74, 6) is 0.916. The molecular formula is C75H63N3O. The van der Waals surface area contributed by atoms with Gasteiger partial charge in [0.05, 0.1) is 16.8 Å². The Morgan fingerprint density at radius 1 is 0.443 bits per heavy atom. The van der Waals surface area contributed by atoms with Crippen LogP contribution in [0.2, 0.25) is 0 Å². The zero-order chi connectivity index (χ0) is 53.8. The first-order valence-electron chi connectivity index (χ1n) is 27.9. The van der Waals surface area contributed by atoms with Crippen molar-refractivity contribution in [3.8, 4) is 50.3 Å². The van der Waals surface area contributed by atoms with Crippen molar-refractivity contribution in [3.63, 3.8) is 0 Å². The molecule has 0 saturated heterocycles. The normalized spacial score (nSPS) is 17.1. The van der Waals surface area contributed by atoms with Gasteiger partial charge in [-0.05, 0) is 163 Å². The molecule has 4 nitrogen and oxygen atoms in total. The summed E-state index contributed by atoms with van der Waals surface area (Å²) in [5, 5.41) is 0. The maximum absolute atomic E-state index is 7.52.